The summed E-state index contributed by atoms with van der Waals surface area (Å²) in [6.45, 7) is 9.21. The van der Waals surface area contributed by atoms with Gasteiger partial charge in [-0.15, -0.1) is 0 Å². The minimum Gasteiger partial charge on any atom is -0.357 e. The zero-order valence-electron chi connectivity index (χ0n) is 16.0. The van der Waals surface area contributed by atoms with Crippen molar-refractivity contribution >= 4 is 24.0 Å². The van der Waals surface area contributed by atoms with Gasteiger partial charge in [-0.1, -0.05) is 32.6 Å². The Morgan fingerprint density at radius 1 is 1.27 bits per heavy atom. The first kappa shape index (κ1) is 23.4. The highest BCUT2D eigenvalue weighted by Gasteiger charge is 2.45. The molecule has 0 aromatic heterocycles. The minimum atomic E-state index is -1.01. The van der Waals surface area contributed by atoms with E-state index in [0.29, 0.717) is 19.0 Å². The standard InChI is InChI=1S/C18H24N2O4.CH3F/c1-6-12(11(3)4)15-13(7-2)17(23)20(18(15)24)14(9-8-10-21)16(22)19-5;1-2/h6-7,10-11,14H,1,8-9H2,2-5H3,(H,19,22);1H3/b13-7+,15-12-;. The van der Waals surface area contributed by atoms with Crippen LogP contribution in [0.5, 0.6) is 0 Å². The van der Waals surface area contributed by atoms with E-state index < -0.39 is 23.8 Å². The number of carbonyl (C=O) groups is 4. The maximum absolute atomic E-state index is 12.9. The summed E-state index contributed by atoms with van der Waals surface area (Å²) in [6, 6.07) is -1.01. The van der Waals surface area contributed by atoms with Crippen molar-refractivity contribution in [2.45, 2.75) is 39.7 Å². The number of nitrogens with one attached hydrogen (secondary N) is 1. The predicted molar refractivity (Wildman–Crippen MR) is 97.9 cm³/mol. The summed E-state index contributed by atoms with van der Waals surface area (Å²) in [6.07, 6.45) is 3.98. The number of alkyl halides is 1. The van der Waals surface area contributed by atoms with E-state index in [2.05, 4.69) is 11.9 Å². The third kappa shape index (κ3) is 4.74. The second kappa shape index (κ2) is 11.1. The average Bonchev–Trinajstić information content (AvgIpc) is 2.88. The molecule has 0 saturated carbocycles. The third-order valence-electron chi connectivity index (χ3n) is 3.99. The van der Waals surface area contributed by atoms with E-state index in [4.69, 9.17) is 0 Å². The Kier molecular flexibility index (Phi) is 10.0. The molecule has 1 unspecified atom stereocenters. The molecule has 1 rings (SSSR count). The molecule has 26 heavy (non-hydrogen) atoms. The fourth-order valence-corrected chi connectivity index (χ4v) is 2.79. The maximum atomic E-state index is 12.9. The van der Waals surface area contributed by atoms with Crippen LogP contribution in [0.15, 0.2) is 35.5 Å². The van der Waals surface area contributed by atoms with Gasteiger partial charge in [0, 0.05) is 19.0 Å². The van der Waals surface area contributed by atoms with Crippen LogP contribution in [0.1, 0.15) is 33.6 Å². The monoisotopic (exact) mass is 366 g/mol. The fourth-order valence-electron chi connectivity index (χ4n) is 2.79. The Morgan fingerprint density at radius 2 is 1.85 bits per heavy atom. The molecule has 0 bridgehead atoms. The molecule has 1 fully saturated rings. The highest BCUT2D eigenvalue weighted by atomic mass is 19.1. The normalized spacial score (nSPS) is 18.4. The Hall–Kier alpha value is -2.57. The number of hydrogen-bond acceptors (Lipinski definition) is 4. The molecule has 1 N–H and O–H groups in total. The van der Waals surface area contributed by atoms with E-state index >= 15 is 0 Å². The first-order valence-electron chi connectivity index (χ1n) is 8.29. The SMILES string of the molecule is C=C/C(=C1/C(=O)N(C(CCC=O)C(=O)NC)C(=O)/C1=C/C)C(C)C.CF. The van der Waals surface area contributed by atoms with Crippen molar-refractivity contribution in [2.24, 2.45) is 5.92 Å². The van der Waals surface area contributed by atoms with Gasteiger partial charge in [0.2, 0.25) is 5.91 Å². The Labute approximate surface area is 153 Å². The molecular weight excluding hydrogens is 339 g/mol. The highest BCUT2D eigenvalue weighted by molar-refractivity contribution is 6.26. The number of amides is 3. The summed E-state index contributed by atoms with van der Waals surface area (Å²) >= 11 is 0. The van der Waals surface area contributed by atoms with Crippen LogP contribution in [0.4, 0.5) is 4.39 Å². The van der Waals surface area contributed by atoms with Gasteiger partial charge in [-0.25, -0.2) is 0 Å². The van der Waals surface area contributed by atoms with Crippen LogP contribution >= 0.6 is 0 Å². The predicted octanol–water partition coefficient (Wildman–Crippen LogP) is 2.12. The number of hydrogen-bond donors (Lipinski definition) is 1. The summed E-state index contributed by atoms with van der Waals surface area (Å²) in [4.78, 5) is 49.4. The summed E-state index contributed by atoms with van der Waals surface area (Å²) in [7, 11) is 1.93. The molecule has 0 aliphatic carbocycles. The molecule has 7 heteroatoms. The number of aldehydes is 1. The summed E-state index contributed by atoms with van der Waals surface area (Å²) in [5, 5.41) is 2.45. The molecule has 1 aliphatic rings. The molecule has 0 spiro atoms. The fraction of sp³-hybridized carbons (Fsp3) is 0.474. The number of halogens is 1. The van der Waals surface area contributed by atoms with Crippen LogP contribution in [0, 0.1) is 5.92 Å². The molecule has 0 radical (unpaired) electrons. The number of carbonyl (C=O) groups excluding carboxylic acids is 4. The van der Waals surface area contributed by atoms with Crippen molar-refractivity contribution in [3.05, 3.63) is 35.5 Å². The van der Waals surface area contributed by atoms with Crippen molar-refractivity contribution in [2.75, 3.05) is 14.2 Å². The van der Waals surface area contributed by atoms with Gasteiger partial charge in [-0.3, -0.25) is 23.7 Å². The van der Waals surface area contributed by atoms with E-state index in [1.165, 1.54) is 7.05 Å². The van der Waals surface area contributed by atoms with E-state index in [-0.39, 0.29) is 29.9 Å². The summed E-state index contributed by atoms with van der Waals surface area (Å²) in [5.41, 5.74) is 1.21. The van der Waals surface area contributed by atoms with Gasteiger partial charge in [0.1, 0.15) is 12.3 Å². The number of allylic oxidation sites excluding steroid dienone is 3. The smallest absolute Gasteiger partial charge is 0.262 e. The van der Waals surface area contributed by atoms with Crippen molar-refractivity contribution in [3.8, 4) is 0 Å². The first-order valence-corrected chi connectivity index (χ1v) is 8.29. The second-order valence-electron chi connectivity index (χ2n) is 5.75. The minimum absolute atomic E-state index is 0.00224. The second-order valence-corrected chi connectivity index (χ2v) is 5.75. The summed E-state index contributed by atoms with van der Waals surface area (Å²) < 4.78 is 9.50. The average molecular weight is 366 g/mol. The molecular formula is C19H27FN2O4. The molecule has 1 heterocycles. The maximum Gasteiger partial charge on any atom is 0.262 e. The van der Waals surface area contributed by atoms with Crippen LogP contribution in [0.25, 0.3) is 0 Å². The lowest BCUT2D eigenvalue weighted by molar-refractivity contribution is -0.145. The number of imide groups is 1. The largest absolute Gasteiger partial charge is 0.357 e. The Morgan fingerprint density at radius 3 is 2.23 bits per heavy atom. The van der Waals surface area contributed by atoms with Crippen LogP contribution in [-0.2, 0) is 19.2 Å². The Bertz CT molecular complexity index is 635. The zero-order chi connectivity index (χ0) is 20.4. The van der Waals surface area contributed by atoms with E-state index in [1.807, 2.05) is 13.8 Å². The van der Waals surface area contributed by atoms with Gasteiger partial charge in [0.15, 0.2) is 0 Å². The van der Waals surface area contributed by atoms with Gasteiger partial charge < -0.3 is 10.1 Å². The topological polar surface area (TPSA) is 83.6 Å². The van der Waals surface area contributed by atoms with Crippen molar-refractivity contribution in [3.63, 3.8) is 0 Å². The number of likely N-dealkylation sites (N-methyl/N-ethyl adjacent to an activating group) is 1. The van der Waals surface area contributed by atoms with Crippen LogP contribution < -0.4 is 5.32 Å². The molecule has 1 saturated heterocycles. The lowest BCUT2D eigenvalue weighted by Gasteiger charge is -2.23. The van der Waals surface area contributed by atoms with Crippen molar-refractivity contribution < 1.29 is 23.6 Å². The molecule has 6 nitrogen and oxygen atoms in total. The molecule has 1 atom stereocenters. The number of nitrogens with zero attached hydrogens (tertiary/aromatic N) is 1. The quantitative estimate of drug-likeness (QED) is 0.425. The Balaban J connectivity index is 0.00000301. The third-order valence-corrected chi connectivity index (χ3v) is 3.99. The number of rotatable bonds is 7. The van der Waals surface area contributed by atoms with Crippen molar-refractivity contribution in [1.29, 1.82) is 0 Å². The number of likely N-dealkylation sites (tertiary alicyclic amines) is 1. The zero-order valence-corrected chi connectivity index (χ0v) is 16.0. The van der Waals surface area contributed by atoms with Gasteiger partial charge in [-0.05, 0) is 24.8 Å². The summed E-state index contributed by atoms with van der Waals surface area (Å²) in [5.74, 6) is -1.51. The first-order chi connectivity index (χ1) is 12.3. The van der Waals surface area contributed by atoms with Gasteiger partial charge in [-0.2, -0.15) is 0 Å². The van der Waals surface area contributed by atoms with E-state index in [1.54, 1.807) is 19.1 Å². The molecule has 1 aliphatic heterocycles. The lowest BCUT2D eigenvalue weighted by atomic mass is 9.93. The van der Waals surface area contributed by atoms with Gasteiger partial charge in [0.05, 0.1) is 12.8 Å². The van der Waals surface area contributed by atoms with Gasteiger partial charge >= 0.3 is 0 Å². The van der Waals surface area contributed by atoms with Crippen LogP contribution in [-0.4, -0.2) is 49.2 Å². The highest BCUT2D eigenvalue weighted by Crippen LogP contribution is 2.33. The lowest BCUT2D eigenvalue weighted by Crippen LogP contribution is -2.48. The van der Waals surface area contributed by atoms with Crippen LogP contribution in [0.2, 0.25) is 0 Å². The van der Waals surface area contributed by atoms with E-state index in [9.17, 15) is 23.6 Å². The molecule has 0 aromatic rings. The van der Waals surface area contributed by atoms with Crippen LogP contribution in [0.3, 0.4) is 0 Å². The van der Waals surface area contributed by atoms with E-state index in [0.717, 1.165) is 4.90 Å². The molecule has 3 amide bonds. The molecule has 0 aromatic carbocycles. The van der Waals surface area contributed by atoms with Crippen molar-refractivity contribution in [1.82, 2.24) is 10.2 Å². The molecule has 144 valence electrons. The van der Waals surface area contributed by atoms with Gasteiger partial charge in [0.25, 0.3) is 11.8 Å².